The van der Waals surface area contributed by atoms with E-state index in [1.807, 2.05) is 26.0 Å². The third kappa shape index (κ3) is 2.83. The molecule has 0 saturated carbocycles. The number of aromatic nitrogens is 2. The summed E-state index contributed by atoms with van der Waals surface area (Å²) in [5.41, 5.74) is 4.19. The van der Waals surface area contributed by atoms with Gasteiger partial charge in [0, 0.05) is 18.0 Å². The Labute approximate surface area is 127 Å². The summed E-state index contributed by atoms with van der Waals surface area (Å²) in [5.74, 6) is -0.470. The molecule has 1 aromatic carbocycles. The predicted molar refractivity (Wildman–Crippen MR) is 82.2 cm³/mol. The lowest BCUT2D eigenvalue weighted by Crippen LogP contribution is -2.23. The maximum absolute atomic E-state index is 13.1. The van der Waals surface area contributed by atoms with Crippen molar-refractivity contribution in [3.8, 4) is 0 Å². The number of hydrogen-bond acceptors (Lipinski definition) is 2. The normalized spacial score (nSPS) is 10.9. The maximum atomic E-state index is 13.1. The number of fused-ring (bicyclic) bond motifs is 1. The van der Waals surface area contributed by atoms with Crippen LogP contribution in [0.15, 0.2) is 42.7 Å². The Morgan fingerprint density at radius 3 is 2.77 bits per heavy atom. The molecule has 0 aliphatic carbocycles. The summed E-state index contributed by atoms with van der Waals surface area (Å²) in [4.78, 5) is 16.5. The zero-order valence-electron chi connectivity index (χ0n) is 12.4. The summed E-state index contributed by atoms with van der Waals surface area (Å²) in [6.45, 7) is 4.28. The van der Waals surface area contributed by atoms with Crippen molar-refractivity contribution in [1.29, 1.82) is 0 Å². The third-order valence-electron chi connectivity index (χ3n) is 3.66. The molecule has 0 aliphatic rings. The van der Waals surface area contributed by atoms with Gasteiger partial charge in [0.2, 0.25) is 0 Å². The van der Waals surface area contributed by atoms with Gasteiger partial charge in [0.1, 0.15) is 11.5 Å². The van der Waals surface area contributed by atoms with Crippen LogP contribution in [0.5, 0.6) is 0 Å². The van der Waals surface area contributed by atoms with Gasteiger partial charge in [0.15, 0.2) is 0 Å². The van der Waals surface area contributed by atoms with E-state index in [2.05, 4.69) is 10.3 Å². The second kappa shape index (κ2) is 5.60. The SMILES string of the molecule is Cc1ccc(C(=O)NCc2cn3cc(F)ccc3n2)cc1C. The minimum atomic E-state index is -0.324. The van der Waals surface area contributed by atoms with Crippen LogP contribution in [0.25, 0.3) is 5.65 Å². The lowest BCUT2D eigenvalue weighted by Gasteiger charge is -2.06. The number of imidazole rings is 1. The number of halogens is 1. The van der Waals surface area contributed by atoms with Crippen molar-refractivity contribution in [3.05, 3.63) is 70.9 Å². The monoisotopic (exact) mass is 297 g/mol. The van der Waals surface area contributed by atoms with Crippen LogP contribution in [-0.2, 0) is 6.54 Å². The molecule has 2 heterocycles. The first-order valence-electron chi connectivity index (χ1n) is 7.01. The van der Waals surface area contributed by atoms with Crippen molar-refractivity contribution in [2.45, 2.75) is 20.4 Å². The van der Waals surface area contributed by atoms with Gasteiger partial charge in [-0.25, -0.2) is 9.37 Å². The van der Waals surface area contributed by atoms with Gasteiger partial charge in [-0.2, -0.15) is 0 Å². The summed E-state index contributed by atoms with van der Waals surface area (Å²) < 4.78 is 14.7. The van der Waals surface area contributed by atoms with Crippen molar-refractivity contribution in [3.63, 3.8) is 0 Å². The van der Waals surface area contributed by atoms with Crippen LogP contribution in [0.1, 0.15) is 27.2 Å². The van der Waals surface area contributed by atoms with Gasteiger partial charge in [-0.1, -0.05) is 6.07 Å². The maximum Gasteiger partial charge on any atom is 0.251 e. The van der Waals surface area contributed by atoms with E-state index in [0.29, 0.717) is 23.4 Å². The van der Waals surface area contributed by atoms with Gasteiger partial charge in [-0.15, -0.1) is 0 Å². The fraction of sp³-hybridized carbons (Fsp3) is 0.176. The summed E-state index contributed by atoms with van der Waals surface area (Å²) in [7, 11) is 0. The van der Waals surface area contributed by atoms with E-state index in [4.69, 9.17) is 0 Å². The molecule has 3 aromatic rings. The quantitative estimate of drug-likeness (QED) is 0.807. The Bertz CT molecular complexity index is 854. The second-order valence-electron chi connectivity index (χ2n) is 5.33. The molecule has 0 atom stereocenters. The first kappa shape index (κ1) is 14.3. The van der Waals surface area contributed by atoms with Gasteiger partial charge in [0.25, 0.3) is 5.91 Å². The topological polar surface area (TPSA) is 46.4 Å². The minimum absolute atomic E-state index is 0.147. The Hall–Kier alpha value is -2.69. The second-order valence-corrected chi connectivity index (χ2v) is 5.33. The largest absolute Gasteiger partial charge is 0.346 e. The molecule has 3 rings (SSSR count). The standard InChI is InChI=1S/C17H16FN3O/c1-11-3-4-13(7-12(11)2)17(22)19-8-15-10-21-9-14(18)5-6-16(21)20-15/h3-7,9-10H,8H2,1-2H3,(H,19,22). The molecular weight excluding hydrogens is 281 g/mol. The van der Waals surface area contributed by atoms with Gasteiger partial charge >= 0.3 is 0 Å². The highest BCUT2D eigenvalue weighted by Crippen LogP contribution is 2.10. The zero-order valence-corrected chi connectivity index (χ0v) is 12.4. The summed E-state index contributed by atoms with van der Waals surface area (Å²) >= 11 is 0. The number of nitrogens with one attached hydrogen (secondary N) is 1. The molecule has 0 fully saturated rings. The highest BCUT2D eigenvalue weighted by atomic mass is 19.1. The van der Waals surface area contributed by atoms with Crippen LogP contribution in [0.3, 0.4) is 0 Å². The summed E-state index contributed by atoms with van der Waals surface area (Å²) in [5, 5.41) is 2.83. The van der Waals surface area contributed by atoms with Crippen LogP contribution >= 0.6 is 0 Å². The number of carbonyl (C=O) groups excluding carboxylic acids is 1. The Morgan fingerprint density at radius 1 is 1.18 bits per heavy atom. The molecule has 2 aromatic heterocycles. The molecule has 0 spiro atoms. The van der Waals surface area contributed by atoms with E-state index < -0.39 is 0 Å². The van der Waals surface area contributed by atoms with Gasteiger partial charge in [0.05, 0.1) is 12.2 Å². The van der Waals surface area contributed by atoms with E-state index in [0.717, 1.165) is 11.1 Å². The van der Waals surface area contributed by atoms with E-state index in [9.17, 15) is 9.18 Å². The highest BCUT2D eigenvalue weighted by Gasteiger charge is 2.08. The number of nitrogens with zero attached hydrogens (tertiary/aromatic N) is 2. The van der Waals surface area contributed by atoms with E-state index in [1.165, 1.54) is 12.3 Å². The first-order valence-corrected chi connectivity index (χ1v) is 7.01. The molecule has 5 heteroatoms. The number of aryl methyl sites for hydroxylation is 2. The fourth-order valence-electron chi connectivity index (χ4n) is 2.26. The number of hydrogen-bond donors (Lipinski definition) is 1. The Balaban J connectivity index is 1.72. The van der Waals surface area contributed by atoms with E-state index in [-0.39, 0.29) is 11.7 Å². The molecule has 0 saturated heterocycles. The predicted octanol–water partition coefficient (Wildman–Crippen LogP) is 3.02. The van der Waals surface area contributed by atoms with Gasteiger partial charge in [-0.05, 0) is 49.2 Å². The molecule has 0 bridgehead atoms. The van der Waals surface area contributed by atoms with Crippen molar-refractivity contribution < 1.29 is 9.18 Å². The molecule has 0 radical (unpaired) electrons. The van der Waals surface area contributed by atoms with Crippen LogP contribution in [0, 0.1) is 19.7 Å². The van der Waals surface area contributed by atoms with Crippen molar-refractivity contribution >= 4 is 11.6 Å². The number of benzene rings is 1. The zero-order chi connectivity index (χ0) is 15.7. The highest BCUT2D eigenvalue weighted by molar-refractivity contribution is 5.94. The Morgan fingerprint density at radius 2 is 2.00 bits per heavy atom. The molecule has 0 aliphatic heterocycles. The number of carbonyl (C=O) groups is 1. The van der Waals surface area contributed by atoms with Gasteiger partial charge < -0.3 is 9.72 Å². The summed E-state index contributed by atoms with van der Waals surface area (Å²) in [6.07, 6.45) is 3.07. The van der Waals surface area contributed by atoms with Crippen molar-refractivity contribution in [1.82, 2.24) is 14.7 Å². The molecule has 1 N–H and O–H groups in total. The summed E-state index contributed by atoms with van der Waals surface area (Å²) in [6, 6.07) is 8.56. The van der Waals surface area contributed by atoms with E-state index in [1.54, 1.807) is 22.7 Å². The van der Waals surface area contributed by atoms with Crippen molar-refractivity contribution in [2.24, 2.45) is 0 Å². The lowest BCUT2D eigenvalue weighted by atomic mass is 10.1. The lowest BCUT2D eigenvalue weighted by molar-refractivity contribution is 0.0950. The van der Waals surface area contributed by atoms with Crippen LogP contribution in [-0.4, -0.2) is 15.3 Å². The van der Waals surface area contributed by atoms with Crippen LogP contribution in [0.2, 0.25) is 0 Å². The van der Waals surface area contributed by atoms with Crippen LogP contribution in [0.4, 0.5) is 4.39 Å². The number of pyridine rings is 1. The van der Waals surface area contributed by atoms with Crippen LogP contribution < -0.4 is 5.32 Å². The molecule has 22 heavy (non-hydrogen) atoms. The van der Waals surface area contributed by atoms with E-state index >= 15 is 0 Å². The average Bonchev–Trinajstić information content (AvgIpc) is 2.89. The van der Waals surface area contributed by atoms with Crippen molar-refractivity contribution in [2.75, 3.05) is 0 Å². The Kier molecular flexibility index (Phi) is 3.63. The third-order valence-corrected chi connectivity index (χ3v) is 3.66. The molecule has 112 valence electrons. The smallest absolute Gasteiger partial charge is 0.251 e. The first-order chi connectivity index (χ1) is 10.5. The van der Waals surface area contributed by atoms with Gasteiger partial charge in [-0.3, -0.25) is 4.79 Å². The molecule has 0 unspecified atom stereocenters. The molecular formula is C17H16FN3O. The number of rotatable bonds is 3. The minimum Gasteiger partial charge on any atom is -0.346 e. The fourth-order valence-corrected chi connectivity index (χ4v) is 2.26. The average molecular weight is 297 g/mol. The molecule has 4 nitrogen and oxygen atoms in total. The molecule has 1 amide bonds. The number of amides is 1.